The Labute approximate surface area is 669 Å². The summed E-state index contributed by atoms with van der Waals surface area (Å²) in [6, 6.07) is 98.8. The highest BCUT2D eigenvalue weighted by Crippen LogP contribution is 2.68. The van der Waals surface area contributed by atoms with Gasteiger partial charge in [-0.05, 0) is 297 Å². The highest BCUT2D eigenvalue weighted by molar-refractivity contribution is 6.40. The summed E-state index contributed by atoms with van der Waals surface area (Å²) in [6.45, 7) is 9.86. The number of hydrogen-bond acceptors (Lipinski definition) is 8. The molecule has 8 nitrogen and oxygen atoms in total. The van der Waals surface area contributed by atoms with E-state index in [-0.39, 0.29) is 22.2 Å². The predicted octanol–water partition coefficient (Wildman–Crippen LogP) is 27.5. The topological polar surface area (TPSA) is 49.9 Å². The molecule has 0 radical (unpaired) electrons. The van der Waals surface area contributed by atoms with Crippen LogP contribution < -0.4 is 19.6 Å². The van der Waals surface area contributed by atoms with Gasteiger partial charge >= 0.3 is 0 Å². The molecule has 0 spiro atoms. The average Bonchev–Trinajstić information content (AvgIpc) is 1.53. The average molecular weight is 1490 g/mol. The number of methoxy groups -OCH3 is 4. The molecule has 23 rings (SSSR count). The highest BCUT2D eigenvalue weighted by atomic mass is 16.5. The molecule has 8 atom stereocenters. The van der Waals surface area contributed by atoms with Crippen LogP contribution in [0.1, 0.15) is 153 Å². The number of nitrogens with zero attached hydrogens (tertiary/aromatic N) is 4. The van der Waals surface area contributed by atoms with Crippen molar-refractivity contribution in [1.29, 1.82) is 0 Å². The summed E-state index contributed by atoms with van der Waals surface area (Å²) >= 11 is 0. The van der Waals surface area contributed by atoms with Gasteiger partial charge in [0.05, 0.1) is 22.2 Å². The quantitative estimate of drug-likeness (QED) is 0.120. The second kappa shape index (κ2) is 24.5. The van der Waals surface area contributed by atoms with E-state index in [1.54, 1.807) is 0 Å². The van der Waals surface area contributed by atoms with E-state index in [1.807, 2.05) is 28.4 Å². The molecule has 0 bridgehead atoms. The van der Waals surface area contributed by atoms with E-state index in [2.05, 4.69) is 302 Å². The summed E-state index contributed by atoms with van der Waals surface area (Å²) in [6.07, 6.45) is 17.0. The Balaban J connectivity index is 0.766. The number of rotatable bonds is 12. The number of ether oxygens (including phenoxy) is 4. The highest BCUT2D eigenvalue weighted by Gasteiger charge is 2.65. The second-order valence-electron chi connectivity index (χ2n) is 35.7. The van der Waals surface area contributed by atoms with Gasteiger partial charge in [-0.1, -0.05) is 197 Å². The maximum Gasteiger partial charge on any atom is 0.118 e. The predicted molar refractivity (Wildman–Crippen MR) is 472 cm³/mol. The summed E-state index contributed by atoms with van der Waals surface area (Å²) in [7, 11) is 7.88. The fourth-order valence-corrected chi connectivity index (χ4v) is 26.2. The third kappa shape index (κ3) is 8.57. The van der Waals surface area contributed by atoms with Crippen LogP contribution in [-0.4, -0.2) is 50.6 Å². The lowest BCUT2D eigenvalue weighted by molar-refractivity contribution is -0.0872. The first-order chi connectivity index (χ1) is 55.7. The zero-order valence-corrected chi connectivity index (χ0v) is 67.0. The van der Waals surface area contributed by atoms with Gasteiger partial charge in [0, 0.05) is 96.2 Å². The van der Waals surface area contributed by atoms with E-state index in [0.29, 0.717) is 0 Å². The van der Waals surface area contributed by atoms with Crippen molar-refractivity contribution in [3.63, 3.8) is 0 Å². The van der Waals surface area contributed by atoms with Gasteiger partial charge in [-0.3, -0.25) is 0 Å². The molecule has 0 saturated heterocycles. The molecule has 4 aliphatic carbocycles. The van der Waals surface area contributed by atoms with Crippen LogP contribution in [-0.2, 0) is 41.4 Å². The SMILES string of the molecule is COC12CCCCC1(C)N(c1ccccc1)c1ccc(-c3ccc4c5cc6c(cc5c5ccc(-c7ccc8c(c7)C7(OC)CCCCC7(C)N8c7ccccc7)c3c45)c3ccc(-c4ccc5c(c4)C4(OC)CCCCC4(C)N5c4ccccc4)c4c(-c5ccc7c(c5)C5(OC)CCCCC5(C)N7c5ccccc5)ccc6c43)cc12. The molecular formula is C106H98N4O4. The van der Waals surface area contributed by atoms with Crippen molar-refractivity contribution < 1.29 is 18.9 Å². The minimum atomic E-state index is -0.515. The van der Waals surface area contributed by atoms with Gasteiger partial charge < -0.3 is 38.5 Å². The van der Waals surface area contributed by atoms with Crippen molar-refractivity contribution in [2.75, 3.05) is 48.0 Å². The van der Waals surface area contributed by atoms with E-state index in [4.69, 9.17) is 18.9 Å². The van der Waals surface area contributed by atoms with E-state index in [9.17, 15) is 0 Å². The van der Waals surface area contributed by atoms with Crippen LogP contribution in [0.2, 0.25) is 0 Å². The van der Waals surface area contributed by atoms with Crippen molar-refractivity contribution in [3.8, 4) is 44.5 Å². The molecule has 0 amide bonds. The van der Waals surface area contributed by atoms with Crippen molar-refractivity contribution in [2.24, 2.45) is 0 Å². The zero-order chi connectivity index (χ0) is 76.6. The lowest BCUT2D eigenvalue weighted by Crippen LogP contribution is -2.57. The standard InChI is InChI=1S/C106H98N4O4/c1-99-53-21-25-57-103(99,111-5)87-61-67(37-49-91(87)107(99)71-29-13-9-14-30-71)75-41-45-79-83-65-85-81-47-43-77(69-39-51-93-89(63-69)105(113-7)59-27-23-55-101(105,3)109(93)73-33-17-11-18-34-73)96-78(70-40-52-94-90(64-70)106(114-8)60-28-24-56-102(106,4)110(94)74-35-19-12-20-36-74)44-48-82(98(81)96)86(85)66-84(83)80-46-42-76(95(75)97(79)80)68-38-50-92-88(62-68)104(112-6)58-26-22-54-100(104,2)108(92)72-31-15-10-16-32-72/h9-20,29-52,61-66H,21-28,53-60H2,1-8H3. The first-order valence-corrected chi connectivity index (χ1v) is 42.4. The van der Waals surface area contributed by atoms with Crippen LogP contribution in [0.5, 0.6) is 0 Å². The minimum Gasteiger partial charge on any atom is -0.371 e. The van der Waals surface area contributed by atoms with Crippen LogP contribution in [0, 0.1) is 0 Å². The lowest BCUT2D eigenvalue weighted by atomic mass is 9.68. The molecule has 8 heteroatoms. The minimum absolute atomic E-state index is 0.290. The molecule has 0 aromatic heterocycles. The Morgan fingerprint density at radius 2 is 0.439 bits per heavy atom. The third-order valence-electron chi connectivity index (χ3n) is 31.2. The van der Waals surface area contributed by atoms with Gasteiger partial charge in [-0.25, -0.2) is 0 Å². The maximum absolute atomic E-state index is 7.10. The van der Waals surface area contributed by atoms with E-state index in [1.165, 1.54) is 177 Å². The Kier molecular flexibility index (Phi) is 14.8. The summed E-state index contributed by atoms with van der Waals surface area (Å²) in [5, 5.41) is 15.4. The monoisotopic (exact) mass is 1490 g/mol. The molecule has 4 aliphatic heterocycles. The normalized spacial score (nSPS) is 26.7. The maximum atomic E-state index is 7.10. The molecule has 566 valence electrons. The molecule has 15 aromatic carbocycles. The molecule has 4 fully saturated rings. The van der Waals surface area contributed by atoms with Gasteiger partial charge in [-0.15, -0.1) is 0 Å². The van der Waals surface area contributed by atoms with Gasteiger partial charge in [0.1, 0.15) is 22.4 Å². The summed E-state index contributed by atoms with van der Waals surface area (Å²) in [5.41, 5.74) is 21.4. The van der Waals surface area contributed by atoms with Crippen LogP contribution in [0.15, 0.2) is 255 Å². The largest absolute Gasteiger partial charge is 0.371 e. The lowest BCUT2D eigenvalue weighted by Gasteiger charge is -2.50. The number of hydrogen-bond donors (Lipinski definition) is 0. The molecule has 4 saturated carbocycles. The smallest absolute Gasteiger partial charge is 0.118 e. The Morgan fingerprint density at radius 3 is 0.658 bits per heavy atom. The zero-order valence-electron chi connectivity index (χ0n) is 67.0. The third-order valence-corrected chi connectivity index (χ3v) is 31.2. The fourth-order valence-electron chi connectivity index (χ4n) is 26.2. The van der Waals surface area contributed by atoms with Gasteiger partial charge in [0.15, 0.2) is 0 Å². The van der Waals surface area contributed by atoms with Gasteiger partial charge in [-0.2, -0.15) is 0 Å². The van der Waals surface area contributed by atoms with Gasteiger partial charge in [0.25, 0.3) is 0 Å². The van der Waals surface area contributed by atoms with Crippen molar-refractivity contribution in [1.82, 2.24) is 0 Å². The Bertz CT molecular complexity index is 5700. The molecule has 8 unspecified atom stereocenters. The first-order valence-electron chi connectivity index (χ1n) is 42.4. The van der Waals surface area contributed by atoms with Crippen LogP contribution in [0.25, 0.3) is 109 Å². The second-order valence-corrected chi connectivity index (χ2v) is 35.7. The van der Waals surface area contributed by atoms with Crippen molar-refractivity contribution >= 4 is 110 Å². The first kappa shape index (κ1) is 69.0. The molecular weight excluding hydrogens is 1390 g/mol. The Morgan fingerprint density at radius 1 is 0.219 bits per heavy atom. The van der Waals surface area contributed by atoms with E-state index in [0.717, 1.165) is 103 Å². The number of benzene rings is 13. The van der Waals surface area contributed by atoms with Crippen LogP contribution in [0.3, 0.4) is 0 Å². The number of para-hydroxylation sites is 4. The van der Waals surface area contributed by atoms with Crippen LogP contribution in [0.4, 0.5) is 45.5 Å². The molecule has 0 N–H and O–H groups in total. The van der Waals surface area contributed by atoms with E-state index < -0.39 is 22.4 Å². The van der Waals surface area contributed by atoms with E-state index >= 15 is 0 Å². The molecule has 15 aromatic rings. The molecule has 8 aliphatic rings. The van der Waals surface area contributed by atoms with Crippen molar-refractivity contribution in [2.45, 2.75) is 175 Å². The van der Waals surface area contributed by atoms with Crippen LogP contribution >= 0.6 is 0 Å². The summed E-state index contributed by atoms with van der Waals surface area (Å²) in [4.78, 5) is 10.5. The fraction of sp³-hybridized carbons (Fsp3) is 0.302. The molecule has 4 heterocycles. The number of anilines is 8. The van der Waals surface area contributed by atoms with Crippen molar-refractivity contribution in [3.05, 3.63) is 277 Å². The summed E-state index contributed by atoms with van der Waals surface area (Å²) in [5.74, 6) is 0. The Hall–Kier alpha value is -10.6. The van der Waals surface area contributed by atoms with Gasteiger partial charge in [0.2, 0.25) is 0 Å². The number of fused-ring (bicyclic) bond motifs is 18. The summed E-state index contributed by atoms with van der Waals surface area (Å²) < 4.78 is 28.4. The molecule has 114 heavy (non-hydrogen) atoms.